The molecule has 0 spiro atoms. The average Bonchev–Trinajstić information content (AvgIpc) is 3.00. The van der Waals surface area contributed by atoms with E-state index in [1.807, 2.05) is 91.0 Å². The molecule has 0 aliphatic rings. The van der Waals surface area contributed by atoms with Gasteiger partial charge < -0.3 is 19.3 Å². The number of halogens is 2. The van der Waals surface area contributed by atoms with Crippen LogP contribution in [0, 0.1) is 0 Å². The number of anilines is 1. The summed E-state index contributed by atoms with van der Waals surface area (Å²) in [6.07, 6.45) is -0.0212. The predicted octanol–water partition coefficient (Wildman–Crippen LogP) is 7.53. The highest BCUT2D eigenvalue weighted by Gasteiger charge is 2.26. The van der Waals surface area contributed by atoms with E-state index in [9.17, 15) is 5.11 Å². The summed E-state index contributed by atoms with van der Waals surface area (Å²) in [5.41, 5.74) is 6.56. The highest BCUT2D eigenvalue weighted by atomic mass is 35.5. The van der Waals surface area contributed by atoms with Crippen molar-refractivity contribution in [2.24, 2.45) is 5.10 Å². The first kappa shape index (κ1) is 30.7. The fraction of sp³-hybridized carbons (Fsp3) is 0.242. The van der Waals surface area contributed by atoms with Crippen LogP contribution < -0.4 is 5.43 Å². The molecule has 3 atom stereocenters. The Kier molecular flexibility index (Phi) is 12.7. The lowest BCUT2D eigenvalue weighted by molar-refractivity contribution is -0.0822. The molecule has 2 N–H and O–H groups in total. The van der Waals surface area contributed by atoms with Crippen LogP contribution in [0.25, 0.3) is 0 Å². The largest absolute Gasteiger partial charge is 0.391 e. The van der Waals surface area contributed by atoms with Crippen LogP contribution >= 0.6 is 23.2 Å². The molecule has 4 aromatic carbocycles. The van der Waals surface area contributed by atoms with Crippen LogP contribution in [0.3, 0.4) is 0 Å². The minimum atomic E-state index is -0.786. The normalized spacial score (nSPS) is 13.6. The number of hydrazone groups is 1. The number of nitrogens with one attached hydrogen (secondary N) is 1. The zero-order valence-electron chi connectivity index (χ0n) is 22.6. The maximum absolute atomic E-state index is 10.9. The molecular formula is C33H34Cl2N2O4. The molecule has 4 rings (SSSR count). The summed E-state index contributed by atoms with van der Waals surface area (Å²) < 4.78 is 18.5. The van der Waals surface area contributed by atoms with Gasteiger partial charge in [0.15, 0.2) is 0 Å². The SMILES string of the molecule is O[C@H](COCc1ccccc1)C[C@H](OCc1ccccc1)[C@H](/C=N/Nc1cc(Cl)ccc1Cl)OCc1ccccc1. The van der Waals surface area contributed by atoms with Crippen molar-refractivity contribution in [1.29, 1.82) is 0 Å². The lowest BCUT2D eigenvalue weighted by Crippen LogP contribution is -2.37. The van der Waals surface area contributed by atoms with Gasteiger partial charge in [-0.15, -0.1) is 0 Å². The third-order valence-corrected chi connectivity index (χ3v) is 6.78. The van der Waals surface area contributed by atoms with Crippen LogP contribution in [0.5, 0.6) is 0 Å². The third kappa shape index (κ3) is 10.9. The second kappa shape index (κ2) is 16.9. The number of aliphatic hydroxyl groups is 1. The van der Waals surface area contributed by atoms with Gasteiger partial charge in [0.05, 0.1) is 55.6 Å². The first-order valence-corrected chi connectivity index (χ1v) is 14.2. The van der Waals surface area contributed by atoms with Crippen molar-refractivity contribution >= 4 is 35.1 Å². The molecule has 0 aliphatic carbocycles. The van der Waals surface area contributed by atoms with Gasteiger partial charge in [-0.2, -0.15) is 5.10 Å². The molecule has 6 nitrogen and oxygen atoms in total. The van der Waals surface area contributed by atoms with E-state index in [1.54, 1.807) is 24.4 Å². The molecule has 0 radical (unpaired) electrons. The molecule has 0 bridgehead atoms. The van der Waals surface area contributed by atoms with Crippen molar-refractivity contribution in [3.05, 3.63) is 136 Å². The zero-order valence-corrected chi connectivity index (χ0v) is 24.1. The summed E-state index contributed by atoms with van der Waals surface area (Å²) in [5, 5.41) is 16.4. The number of nitrogens with zero attached hydrogens (tertiary/aromatic N) is 1. The Bertz CT molecular complexity index is 1330. The van der Waals surface area contributed by atoms with Gasteiger partial charge in [0.25, 0.3) is 0 Å². The maximum atomic E-state index is 10.9. The Labute approximate surface area is 251 Å². The van der Waals surface area contributed by atoms with Crippen molar-refractivity contribution in [3.8, 4) is 0 Å². The van der Waals surface area contributed by atoms with Crippen molar-refractivity contribution in [1.82, 2.24) is 0 Å². The van der Waals surface area contributed by atoms with E-state index in [0.717, 1.165) is 16.7 Å². The minimum Gasteiger partial charge on any atom is -0.391 e. The van der Waals surface area contributed by atoms with E-state index in [0.29, 0.717) is 35.6 Å². The van der Waals surface area contributed by atoms with Crippen molar-refractivity contribution < 1.29 is 19.3 Å². The molecule has 0 amide bonds. The highest BCUT2D eigenvalue weighted by molar-refractivity contribution is 6.35. The molecule has 0 aliphatic heterocycles. The Hall–Kier alpha value is -3.23. The number of ether oxygens (including phenoxy) is 3. The van der Waals surface area contributed by atoms with Crippen LogP contribution in [0.2, 0.25) is 10.0 Å². The van der Waals surface area contributed by atoms with Crippen molar-refractivity contribution in [2.75, 3.05) is 12.0 Å². The van der Waals surface area contributed by atoms with Gasteiger partial charge in [-0.3, -0.25) is 5.43 Å². The maximum Gasteiger partial charge on any atom is 0.121 e. The summed E-state index contributed by atoms with van der Waals surface area (Å²) in [6, 6.07) is 34.7. The third-order valence-electron chi connectivity index (χ3n) is 6.22. The second-order valence-corrected chi connectivity index (χ2v) is 10.3. The number of hydrogen-bond acceptors (Lipinski definition) is 6. The van der Waals surface area contributed by atoms with Gasteiger partial charge in [0.1, 0.15) is 6.10 Å². The first-order valence-electron chi connectivity index (χ1n) is 13.4. The monoisotopic (exact) mass is 592 g/mol. The number of rotatable bonds is 16. The van der Waals surface area contributed by atoms with Gasteiger partial charge in [-0.1, -0.05) is 114 Å². The van der Waals surface area contributed by atoms with E-state index in [4.69, 9.17) is 37.4 Å². The molecule has 41 heavy (non-hydrogen) atoms. The molecule has 0 saturated heterocycles. The molecule has 4 aromatic rings. The fourth-order valence-electron chi connectivity index (χ4n) is 4.07. The summed E-state index contributed by atoms with van der Waals surface area (Å²) >= 11 is 12.4. The van der Waals surface area contributed by atoms with Gasteiger partial charge in [-0.25, -0.2) is 0 Å². The summed E-state index contributed by atoms with van der Waals surface area (Å²) in [6.45, 7) is 1.24. The summed E-state index contributed by atoms with van der Waals surface area (Å²) in [5.74, 6) is 0. The van der Waals surface area contributed by atoms with Crippen LogP contribution in [-0.2, 0) is 34.0 Å². The Morgan fingerprint density at radius 1 is 0.732 bits per heavy atom. The van der Waals surface area contributed by atoms with E-state index >= 15 is 0 Å². The molecule has 0 fully saturated rings. The number of benzene rings is 4. The zero-order chi connectivity index (χ0) is 28.7. The van der Waals surface area contributed by atoms with Crippen LogP contribution in [0.4, 0.5) is 5.69 Å². The second-order valence-electron chi connectivity index (χ2n) is 9.50. The average molecular weight is 594 g/mol. The van der Waals surface area contributed by atoms with Crippen LogP contribution in [0.15, 0.2) is 114 Å². The quantitative estimate of drug-likeness (QED) is 0.104. The Balaban J connectivity index is 1.48. The fourth-order valence-corrected chi connectivity index (χ4v) is 4.41. The van der Waals surface area contributed by atoms with E-state index in [1.165, 1.54) is 0 Å². The van der Waals surface area contributed by atoms with Gasteiger partial charge in [0, 0.05) is 11.4 Å². The summed E-state index contributed by atoms with van der Waals surface area (Å²) in [7, 11) is 0. The van der Waals surface area contributed by atoms with E-state index in [-0.39, 0.29) is 13.0 Å². The van der Waals surface area contributed by atoms with Gasteiger partial charge >= 0.3 is 0 Å². The Morgan fingerprint density at radius 3 is 1.90 bits per heavy atom. The molecule has 8 heteroatoms. The lowest BCUT2D eigenvalue weighted by Gasteiger charge is -2.27. The van der Waals surface area contributed by atoms with E-state index in [2.05, 4.69) is 10.5 Å². The highest BCUT2D eigenvalue weighted by Crippen LogP contribution is 2.25. The summed E-state index contributed by atoms with van der Waals surface area (Å²) in [4.78, 5) is 0. The minimum absolute atomic E-state index is 0.152. The Morgan fingerprint density at radius 2 is 1.29 bits per heavy atom. The molecule has 0 heterocycles. The predicted molar refractivity (Wildman–Crippen MR) is 165 cm³/mol. The molecule has 0 saturated carbocycles. The molecule has 214 valence electrons. The van der Waals surface area contributed by atoms with Crippen molar-refractivity contribution in [2.45, 2.75) is 44.6 Å². The first-order chi connectivity index (χ1) is 20.1. The standard InChI is InChI=1S/C33H34Cl2N2O4/c34-28-16-17-30(35)31(18-28)37-36-20-33(41-23-27-14-8-3-9-15-27)32(40-22-26-12-6-2-7-13-26)19-29(38)24-39-21-25-10-4-1-5-11-25/h1-18,20,29,32-33,37-38H,19,21-24H2/b36-20+/t29-,32-,33-/m0/s1. The van der Waals surface area contributed by atoms with E-state index < -0.39 is 18.3 Å². The number of aliphatic hydroxyl groups excluding tert-OH is 1. The topological polar surface area (TPSA) is 72.3 Å². The molecular weight excluding hydrogens is 559 g/mol. The molecule has 0 unspecified atom stereocenters. The lowest BCUT2D eigenvalue weighted by atomic mass is 10.1. The smallest absolute Gasteiger partial charge is 0.121 e. The van der Waals surface area contributed by atoms with Crippen molar-refractivity contribution in [3.63, 3.8) is 0 Å². The van der Waals surface area contributed by atoms with Crippen LogP contribution in [0.1, 0.15) is 23.1 Å². The van der Waals surface area contributed by atoms with Crippen LogP contribution in [-0.4, -0.2) is 36.2 Å². The van der Waals surface area contributed by atoms with Gasteiger partial charge in [-0.05, 0) is 34.9 Å². The van der Waals surface area contributed by atoms with Gasteiger partial charge in [0.2, 0.25) is 0 Å². The molecule has 0 aromatic heterocycles. The number of hydrogen-bond donors (Lipinski definition) is 2.